The fourth-order valence-corrected chi connectivity index (χ4v) is 3.88. The minimum absolute atomic E-state index is 0.241. The molecule has 0 spiro atoms. The monoisotopic (exact) mass is 298 g/mol. The summed E-state index contributed by atoms with van der Waals surface area (Å²) in [5.74, 6) is 0.832. The van der Waals surface area contributed by atoms with Crippen LogP contribution in [0, 0.1) is 11.3 Å². The van der Waals surface area contributed by atoms with E-state index in [0.29, 0.717) is 5.41 Å². The molecule has 2 aliphatic rings. The predicted octanol–water partition coefficient (Wildman–Crippen LogP) is 1.88. The van der Waals surface area contributed by atoms with Gasteiger partial charge in [-0.05, 0) is 37.0 Å². The molecule has 2 unspecified atom stereocenters. The van der Waals surface area contributed by atoms with E-state index in [1.807, 2.05) is 0 Å². The summed E-state index contributed by atoms with van der Waals surface area (Å²) in [6, 6.07) is 0.782. The summed E-state index contributed by atoms with van der Waals surface area (Å²) in [5.41, 5.74) is 0.392. The minimum Gasteiger partial charge on any atom is -0.395 e. The summed E-state index contributed by atoms with van der Waals surface area (Å²) in [7, 11) is 1.75. The number of aliphatic hydroxyl groups excluding tert-OH is 1. The van der Waals surface area contributed by atoms with E-state index in [4.69, 9.17) is 4.74 Å². The molecule has 0 aromatic heterocycles. The van der Waals surface area contributed by atoms with Crippen molar-refractivity contribution in [3.63, 3.8) is 0 Å². The van der Waals surface area contributed by atoms with Gasteiger partial charge in [0.15, 0.2) is 0 Å². The predicted molar refractivity (Wildman–Crippen MR) is 86.5 cm³/mol. The van der Waals surface area contributed by atoms with Crippen LogP contribution < -0.4 is 5.32 Å². The minimum atomic E-state index is 0.241. The van der Waals surface area contributed by atoms with E-state index in [0.717, 1.165) is 44.7 Å². The van der Waals surface area contributed by atoms with Gasteiger partial charge in [-0.2, -0.15) is 0 Å². The highest BCUT2D eigenvalue weighted by Gasteiger charge is 2.37. The third-order valence-corrected chi connectivity index (χ3v) is 5.12. The zero-order chi connectivity index (χ0) is 15.1. The van der Waals surface area contributed by atoms with Crippen LogP contribution in [-0.4, -0.2) is 62.6 Å². The van der Waals surface area contributed by atoms with Crippen LogP contribution in [0.4, 0.5) is 0 Å². The van der Waals surface area contributed by atoms with Gasteiger partial charge in [-0.1, -0.05) is 19.8 Å². The molecule has 124 valence electrons. The van der Waals surface area contributed by atoms with Gasteiger partial charge in [0.2, 0.25) is 0 Å². The standard InChI is InChI=1S/C17H34N2O2/c1-15-4-3-7-17(12-15,13-18-16-5-6-16)14-19(8-10-20)9-11-21-2/h15-16,18,20H,3-14H2,1-2H3. The van der Waals surface area contributed by atoms with Crippen molar-refractivity contribution in [3.8, 4) is 0 Å². The molecule has 2 rings (SSSR count). The van der Waals surface area contributed by atoms with Gasteiger partial charge in [0, 0.05) is 39.3 Å². The molecule has 0 bridgehead atoms. The van der Waals surface area contributed by atoms with Gasteiger partial charge in [0.25, 0.3) is 0 Å². The fraction of sp³-hybridized carbons (Fsp3) is 1.00. The lowest BCUT2D eigenvalue weighted by atomic mass is 9.69. The summed E-state index contributed by atoms with van der Waals surface area (Å²) < 4.78 is 5.23. The molecule has 0 radical (unpaired) electrons. The van der Waals surface area contributed by atoms with Crippen LogP contribution in [0.2, 0.25) is 0 Å². The first-order valence-corrected chi connectivity index (χ1v) is 8.73. The summed E-state index contributed by atoms with van der Waals surface area (Å²) in [4.78, 5) is 2.40. The van der Waals surface area contributed by atoms with Gasteiger partial charge >= 0.3 is 0 Å². The Hall–Kier alpha value is -0.160. The molecule has 2 N–H and O–H groups in total. The lowest BCUT2D eigenvalue weighted by Gasteiger charge is -2.43. The Labute approximate surface area is 130 Å². The summed E-state index contributed by atoms with van der Waals surface area (Å²) in [5, 5.41) is 13.1. The molecule has 0 aromatic rings. The van der Waals surface area contributed by atoms with E-state index in [-0.39, 0.29) is 6.61 Å². The van der Waals surface area contributed by atoms with Crippen molar-refractivity contribution in [2.24, 2.45) is 11.3 Å². The lowest BCUT2D eigenvalue weighted by Crippen LogP contribution is -2.48. The molecule has 2 saturated carbocycles. The smallest absolute Gasteiger partial charge is 0.0589 e. The number of aliphatic hydroxyl groups is 1. The Morgan fingerprint density at radius 3 is 2.71 bits per heavy atom. The van der Waals surface area contributed by atoms with Crippen molar-refractivity contribution in [1.29, 1.82) is 0 Å². The highest BCUT2D eigenvalue weighted by atomic mass is 16.5. The van der Waals surface area contributed by atoms with Crippen LogP contribution >= 0.6 is 0 Å². The zero-order valence-electron chi connectivity index (χ0n) is 13.9. The molecule has 0 aromatic carbocycles. The molecule has 2 aliphatic carbocycles. The number of methoxy groups -OCH3 is 1. The molecular weight excluding hydrogens is 264 g/mol. The van der Waals surface area contributed by atoms with Crippen molar-refractivity contribution in [2.75, 3.05) is 46.5 Å². The third-order valence-electron chi connectivity index (χ3n) is 5.12. The van der Waals surface area contributed by atoms with Crippen LogP contribution in [0.25, 0.3) is 0 Å². The second kappa shape index (κ2) is 8.47. The van der Waals surface area contributed by atoms with Crippen molar-refractivity contribution in [3.05, 3.63) is 0 Å². The molecule has 0 aliphatic heterocycles. The SMILES string of the molecule is COCCN(CCO)CC1(CNC2CC2)CCCC(C)C1. The summed E-state index contributed by atoms with van der Waals surface area (Å²) in [6.45, 7) is 7.33. The van der Waals surface area contributed by atoms with Gasteiger partial charge in [-0.3, -0.25) is 4.90 Å². The summed E-state index contributed by atoms with van der Waals surface area (Å²) >= 11 is 0. The van der Waals surface area contributed by atoms with Crippen LogP contribution in [0.15, 0.2) is 0 Å². The first-order valence-electron chi connectivity index (χ1n) is 8.73. The second-order valence-electron chi connectivity index (χ2n) is 7.35. The molecule has 4 nitrogen and oxygen atoms in total. The Morgan fingerprint density at radius 1 is 1.29 bits per heavy atom. The number of ether oxygens (including phenoxy) is 1. The van der Waals surface area contributed by atoms with E-state index in [9.17, 15) is 5.11 Å². The molecule has 0 amide bonds. The number of hydrogen-bond acceptors (Lipinski definition) is 4. The maximum Gasteiger partial charge on any atom is 0.0589 e. The molecule has 2 atom stereocenters. The van der Waals surface area contributed by atoms with Gasteiger partial charge in [0.1, 0.15) is 0 Å². The Bertz CT molecular complexity index is 297. The average Bonchev–Trinajstić information content (AvgIpc) is 3.27. The lowest BCUT2D eigenvalue weighted by molar-refractivity contribution is 0.0543. The fourth-order valence-electron chi connectivity index (χ4n) is 3.88. The normalized spacial score (nSPS) is 30.0. The third kappa shape index (κ3) is 5.85. The second-order valence-corrected chi connectivity index (χ2v) is 7.35. The largest absolute Gasteiger partial charge is 0.395 e. The van der Waals surface area contributed by atoms with Crippen LogP contribution in [0.1, 0.15) is 45.4 Å². The Kier molecular flexibility index (Phi) is 6.93. The topological polar surface area (TPSA) is 44.7 Å². The number of rotatable bonds is 10. The van der Waals surface area contributed by atoms with Gasteiger partial charge < -0.3 is 15.2 Å². The first-order chi connectivity index (χ1) is 10.2. The number of nitrogens with zero attached hydrogens (tertiary/aromatic N) is 1. The Balaban J connectivity index is 1.94. The van der Waals surface area contributed by atoms with E-state index in [1.54, 1.807) is 7.11 Å². The van der Waals surface area contributed by atoms with Gasteiger partial charge in [0.05, 0.1) is 13.2 Å². The van der Waals surface area contributed by atoms with Crippen LogP contribution in [0.5, 0.6) is 0 Å². The quantitative estimate of drug-likeness (QED) is 0.646. The molecule has 2 fully saturated rings. The maximum atomic E-state index is 9.33. The van der Waals surface area contributed by atoms with Crippen LogP contribution in [0.3, 0.4) is 0 Å². The van der Waals surface area contributed by atoms with Crippen molar-refractivity contribution in [2.45, 2.75) is 51.5 Å². The molecule has 0 heterocycles. The molecule has 21 heavy (non-hydrogen) atoms. The van der Waals surface area contributed by atoms with Crippen molar-refractivity contribution >= 4 is 0 Å². The highest BCUT2D eigenvalue weighted by molar-refractivity contribution is 4.93. The van der Waals surface area contributed by atoms with E-state index >= 15 is 0 Å². The van der Waals surface area contributed by atoms with E-state index in [1.165, 1.54) is 38.5 Å². The molecular formula is C17H34N2O2. The molecule has 4 heteroatoms. The zero-order valence-corrected chi connectivity index (χ0v) is 13.9. The average molecular weight is 298 g/mol. The molecule has 0 saturated heterocycles. The number of nitrogens with one attached hydrogen (secondary N) is 1. The van der Waals surface area contributed by atoms with Crippen molar-refractivity contribution < 1.29 is 9.84 Å². The summed E-state index contributed by atoms with van der Waals surface area (Å²) in [6.07, 6.45) is 8.09. The van der Waals surface area contributed by atoms with Crippen molar-refractivity contribution in [1.82, 2.24) is 10.2 Å². The Morgan fingerprint density at radius 2 is 2.10 bits per heavy atom. The van der Waals surface area contributed by atoms with E-state index < -0.39 is 0 Å². The van der Waals surface area contributed by atoms with Gasteiger partial charge in [-0.15, -0.1) is 0 Å². The highest BCUT2D eigenvalue weighted by Crippen LogP contribution is 2.40. The maximum absolute atomic E-state index is 9.33. The van der Waals surface area contributed by atoms with Gasteiger partial charge in [-0.25, -0.2) is 0 Å². The van der Waals surface area contributed by atoms with E-state index in [2.05, 4.69) is 17.1 Å². The van der Waals surface area contributed by atoms with Crippen LogP contribution in [-0.2, 0) is 4.74 Å². The first kappa shape index (κ1) is 17.2. The number of hydrogen-bond donors (Lipinski definition) is 2.